The summed E-state index contributed by atoms with van der Waals surface area (Å²) < 4.78 is 34.3. The maximum Gasteiger partial charge on any atom is 0.387 e. The highest BCUT2D eigenvalue weighted by Gasteiger charge is 2.33. The van der Waals surface area contributed by atoms with Gasteiger partial charge in [0.1, 0.15) is 5.54 Å². The zero-order valence-electron chi connectivity index (χ0n) is 15.6. The van der Waals surface area contributed by atoms with Gasteiger partial charge in [-0.3, -0.25) is 9.69 Å². The lowest BCUT2D eigenvalue weighted by atomic mass is 9.83. The van der Waals surface area contributed by atoms with E-state index in [0.29, 0.717) is 19.4 Å². The van der Waals surface area contributed by atoms with Crippen LogP contribution in [0.25, 0.3) is 0 Å². The first kappa shape index (κ1) is 20.9. The summed E-state index contributed by atoms with van der Waals surface area (Å²) in [7, 11) is 3.15. The topological polar surface area (TPSA) is 74.6 Å². The Morgan fingerprint density at radius 3 is 2.63 bits per heavy atom. The van der Waals surface area contributed by atoms with Crippen molar-refractivity contribution in [3.63, 3.8) is 0 Å². The molecule has 8 heteroatoms. The molecule has 0 saturated heterocycles. The van der Waals surface area contributed by atoms with E-state index in [1.165, 1.54) is 13.2 Å². The standard InChI is InChI=1S/C19H25F2N3O3/c1-24(12-17(25)23-19(13-22)8-4-3-5-9-19)11-14-6-7-15(27-18(20)21)16(10-14)26-2/h6-7,10,18H,3-5,8-9,11-12H2,1-2H3,(H,23,25). The highest BCUT2D eigenvalue weighted by molar-refractivity contribution is 5.79. The number of carbonyl (C=O) groups is 1. The Morgan fingerprint density at radius 1 is 1.33 bits per heavy atom. The first-order chi connectivity index (χ1) is 12.9. The Kier molecular flexibility index (Phi) is 7.36. The summed E-state index contributed by atoms with van der Waals surface area (Å²) >= 11 is 0. The van der Waals surface area contributed by atoms with Gasteiger partial charge in [0.2, 0.25) is 5.91 Å². The van der Waals surface area contributed by atoms with Crippen molar-refractivity contribution in [1.82, 2.24) is 10.2 Å². The maximum absolute atomic E-state index is 12.4. The molecule has 1 saturated carbocycles. The lowest BCUT2D eigenvalue weighted by Gasteiger charge is -2.32. The Bertz CT molecular complexity index is 685. The van der Waals surface area contributed by atoms with Crippen molar-refractivity contribution < 1.29 is 23.0 Å². The van der Waals surface area contributed by atoms with Crippen LogP contribution in [0, 0.1) is 11.3 Å². The number of carbonyl (C=O) groups excluding carboxylic acids is 1. The highest BCUT2D eigenvalue weighted by Crippen LogP contribution is 2.30. The lowest BCUT2D eigenvalue weighted by Crippen LogP contribution is -2.51. The predicted octanol–water partition coefficient (Wildman–Crippen LogP) is 3.07. The molecular weight excluding hydrogens is 356 g/mol. The first-order valence-corrected chi connectivity index (χ1v) is 8.90. The SMILES string of the molecule is COc1cc(CN(C)CC(=O)NC2(C#N)CCCCC2)ccc1OC(F)F. The normalized spacial score (nSPS) is 16.0. The third kappa shape index (κ3) is 6.07. The van der Waals surface area contributed by atoms with E-state index in [-0.39, 0.29) is 24.0 Å². The zero-order chi connectivity index (χ0) is 19.9. The number of methoxy groups -OCH3 is 1. The molecule has 0 aromatic heterocycles. The van der Waals surface area contributed by atoms with Crippen LogP contribution >= 0.6 is 0 Å². The van der Waals surface area contributed by atoms with Crippen LogP contribution < -0.4 is 14.8 Å². The van der Waals surface area contributed by atoms with Crippen LogP contribution in [-0.2, 0) is 11.3 Å². The zero-order valence-corrected chi connectivity index (χ0v) is 15.6. The molecule has 0 unspecified atom stereocenters. The van der Waals surface area contributed by atoms with E-state index in [4.69, 9.17) is 4.74 Å². The summed E-state index contributed by atoms with van der Waals surface area (Å²) in [5.74, 6) is -0.0354. The van der Waals surface area contributed by atoms with Crippen molar-refractivity contribution >= 4 is 5.91 Å². The minimum absolute atomic E-state index is 0.0371. The minimum Gasteiger partial charge on any atom is -0.493 e. The van der Waals surface area contributed by atoms with Crippen LogP contribution in [0.15, 0.2) is 18.2 Å². The molecule has 2 rings (SSSR count). The molecule has 6 nitrogen and oxygen atoms in total. The summed E-state index contributed by atoms with van der Waals surface area (Å²) in [4.78, 5) is 14.1. The molecule has 0 heterocycles. The minimum atomic E-state index is -2.93. The van der Waals surface area contributed by atoms with E-state index < -0.39 is 12.2 Å². The molecule has 0 spiro atoms. The Hall–Kier alpha value is -2.40. The average Bonchev–Trinajstić information content (AvgIpc) is 2.63. The predicted molar refractivity (Wildman–Crippen MR) is 95.5 cm³/mol. The van der Waals surface area contributed by atoms with E-state index >= 15 is 0 Å². The number of ether oxygens (including phenoxy) is 2. The quantitative estimate of drug-likeness (QED) is 0.749. The van der Waals surface area contributed by atoms with E-state index in [1.807, 2.05) is 0 Å². The van der Waals surface area contributed by atoms with E-state index in [1.54, 1.807) is 24.1 Å². The van der Waals surface area contributed by atoms with Crippen molar-refractivity contribution in [2.75, 3.05) is 20.7 Å². The number of hydrogen-bond acceptors (Lipinski definition) is 5. The molecule has 1 aliphatic rings. The molecule has 0 radical (unpaired) electrons. The first-order valence-electron chi connectivity index (χ1n) is 8.90. The number of likely N-dealkylation sites (N-methyl/N-ethyl adjacent to an activating group) is 1. The second-order valence-corrected chi connectivity index (χ2v) is 6.84. The lowest BCUT2D eigenvalue weighted by molar-refractivity contribution is -0.123. The van der Waals surface area contributed by atoms with Gasteiger partial charge in [-0.2, -0.15) is 14.0 Å². The van der Waals surface area contributed by atoms with E-state index in [0.717, 1.165) is 24.8 Å². The number of halogens is 2. The average molecular weight is 381 g/mol. The van der Waals surface area contributed by atoms with Gasteiger partial charge in [-0.1, -0.05) is 25.3 Å². The smallest absolute Gasteiger partial charge is 0.387 e. The van der Waals surface area contributed by atoms with Crippen LogP contribution in [0.3, 0.4) is 0 Å². The fraction of sp³-hybridized carbons (Fsp3) is 0.579. The number of benzene rings is 1. The Morgan fingerprint density at radius 2 is 2.04 bits per heavy atom. The summed E-state index contributed by atoms with van der Waals surface area (Å²) in [6, 6.07) is 6.93. The van der Waals surface area contributed by atoms with Gasteiger partial charge < -0.3 is 14.8 Å². The molecule has 0 bridgehead atoms. The Labute approximate surface area is 158 Å². The molecule has 1 amide bonds. The number of amides is 1. The second kappa shape index (κ2) is 9.51. The van der Waals surface area contributed by atoms with Gasteiger partial charge in [-0.05, 0) is 37.6 Å². The van der Waals surface area contributed by atoms with Crippen molar-refractivity contribution in [3.05, 3.63) is 23.8 Å². The number of nitriles is 1. The monoisotopic (exact) mass is 381 g/mol. The summed E-state index contributed by atoms with van der Waals surface area (Å²) in [6.07, 6.45) is 4.34. The van der Waals surface area contributed by atoms with Crippen molar-refractivity contribution in [3.8, 4) is 17.6 Å². The molecule has 0 atom stereocenters. The van der Waals surface area contributed by atoms with Crippen LogP contribution in [0.4, 0.5) is 8.78 Å². The number of hydrogen-bond donors (Lipinski definition) is 1. The van der Waals surface area contributed by atoms with Gasteiger partial charge in [-0.15, -0.1) is 0 Å². The molecule has 1 N–H and O–H groups in total. The molecule has 27 heavy (non-hydrogen) atoms. The number of alkyl halides is 2. The second-order valence-electron chi connectivity index (χ2n) is 6.84. The van der Waals surface area contributed by atoms with Crippen LogP contribution in [0.1, 0.15) is 37.7 Å². The van der Waals surface area contributed by atoms with Crippen molar-refractivity contribution in [1.29, 1.82) is 5.26 Å². The fourth-order valence-electron chi connectivity index (χ4n) is 3.34. The van der Waals surface area contributed by atoms with Gasteiger partial charge in [0.05, 0.1) is 19.7 Å². The largest absolute Gasteiger partial charge is 0.493 e. The highest BCUT2D eigenvalue weighted by atomic mass is 19.3. The third-order valence-corrected chi connectivity index (χ3v) is 4.61. The number of nitrogens with zero attached hydrogens (tertiary/aromatic N) is 2. The maximum atomic E-state index is 12.4. The van der Waals surface area contributed by atoms with Crippen LogP contribution in [0.5, 0.6) is 11.5 Å². The molecule has 0 aliphatic heterocycles. The molecule has 1 fully saturated rings. The van der Waals surface area contributed by atoms with Gasteiger partial charge in [0.25, 0.3) is 0 Å². The molecular formula is C19H25F2N3O3. The summed E-state index contributed by atoms with van der Waals surface area (Å²) in [5.41, 5.74) is 0.0321. The van der Waals surface area contributed by atoms with Crippen LogP contribution in [-0.4, -0.2) is 43.7 Å². The molecule has 148 valence electrons. The molecule has 1 aromatic rings. The molecule has 1 aromatic carbocycles. The number of rotatable bonds is 8. The fourth-order valence-corrected chi connectivity index (χ4v) is 3.34. The van der Waals surface area contributed by atoms with Gasteiger partial charge in [0.15, 0.2) is 11.5 Å². The van der Waals surface area contributed by atoms with E-state index in [9.17, 15) is 18.8 Å². The summed E-state index contributed by atoms with van der Waals surface area (Å²) in [5, 5.41) is 12.3. The third-order valence-electron chi connectivity index (χ3n) is 4.61. The van der Waals surface area contributed by atoms with Crippen molar-refractivity contribution in [2.24, 2.45) is 0 Å². The van der Waals surface area contributed by atoms with Crippen molar-refractivity contribution in [2.45, 2.75) is 50.8 Å². The number of nitrogens with one attached hydrogen (secondary N) is 1. The Balaban J connectivity index is 1.93. The summed E-state index contributed by atoms with van der Waals surface area (Å²) in [6.45, 7) is -2.39. The molecule has 1 aliphatic carbocycles. The van der Waals surface area contributed by atoms with Gasteiger partial charge in [0, 0.05) is 6.54 Å². The van der Waals surface area contributed by atoms with E-state index in [2.05, 4.69) is 16.1 Å². The van der Waals surface area contributed by atoms with Gasteiger partial charge >= 0.3 is 6.61 Å². The van der Waals surface area contributed by atoms with Crippen LogP contribution in [0.2, 0.25) is 0 Å². The van der Waals surface area contributed by atoms with Gasteiger partial charge in [-0.25, -0.2) is 0 Å².